The number of amides is 1. The third kappa shape index (κ3) is 9.54. The van der Waals surface area contributed by atoms with E-state index in [1.165, 1.54) is 0 Å². The number of unbranched alkanes of at least 4 members (excludes halogenated alkanes) is 1. The first kappa shape index (κ1) is 13.1. The summed E-state index contributed by atoms with van der Waals surface area (Å²) in [5, 5.41) is 2.59. The SMILES string of the molecule is C#CCNC(=O)CCCC.[Co]. The standard InChI is InChI=1S/C8H13NO.Co/c1-3-5-6-8(10)9-7-4-2;/h2H,3,5-7H2,1H3,(H,9,10);. The third-order valence-electron chi connectivity index (χ3n) is 1.15. The van der Waals surface area contributed by atoms with Crippen molar-refractivity contribution >= 4 is 5.91 Å². The molecule has 3 heteroatoms. The second-order valence-corrected chi connectivity index (χ2v) is 2.08. The predicted molar refractivity (Wildman–Crippen MR) is 41.4 cm³/mol. The molecule has 0 heterocycles. The molecular formula is C8H13CoNO. The molecular weight excluding hydrogens is 185 g/mol. The zero-order chi connectivity index (χ0) is 7.82. The van der Waals surface area contributed by atoms with Crippen molar-refractivity contribution in [1.82, 2.24) is 5.32 Å². The van der Waals surface area contributed by atoms with Gasteiger partial charge in [-0.2, -0.15) is 0 Å². The molecule has 0 aliphatic carbocycles. The number of carbonyl (C=O) groups is 1. The maximum absolute atomic E-state index is 10.8. The maximum atomic E-state index is 10.8. The minimum absolute atomic E-state index is 0. The molecule has 0 saturated heterocycles. The Hall–Kier alpha value is -0.464. The van der Waals surface area contributed by atoms with Gasteiger partial charge < -0.3 is 5.32 Å². The van der Waals surface area contributed by atoms with Crippen molar-refractivity contribution in [3.05, 3.63) is 0 Å². The summed E-state index contributed by atoms with van der Waals surface area (Å²) in [7, 11) is 0. The van der Waals surface area contributed by atoms with Crippen molar-refractivity contribution < 1.29 is 21.6 Å². The summed E-state index contributed by atoms with van der Waals surface area (Å²) in [5.41, 5.74) is 0. The van der Waals surface area contributed by atoms with Crippen LogP contribution in [0, 0.1) is 12.3 Å². The summed E-state index contributed by atoms with van der Waals surface area (Å²) in [6.07, 6.45) is 7.52. The van der Waals surface area contributed by atoms with E-state index >= 15 is 0 Å². The van der Waals surface area contributed by atoms with E-state index in [0.29, 0.717) is 13.0 Å². The average Bonchev–Trinajstić information content (AvgIpc) is 1.97. The molecule has 0 aliphatic heterocycles. The van der Waals surface area contributed by atoms with Crippen molar-refractivity contribution in [2.45, 2.75) is 26.2 Å². The van der Waals surface area contributed by atoms with Gasteiger partial charge in [0.1, 0.15) is 0 Å². The molecule has 1 radical (unpaired) electrons. The van der Waals surface area contributed by atoms with Gasteiger partial charge in [0.15, 0.2) is 0 Å². The number of carbonyl (C=O) groups excluding carboxylic acids is 1. The zero-order valence-corrected chi connectivity index (χ0v) is 7.69. The van der Waals surface area contributed by atoms with Crippen LogP contribution in [0.15, 0.2) is 0 Å². The molecule has 2 nitrogen and oxygen atoms in total. The molecule has 0 aromatic rings. The van der Waals surface area contributed by atoms with E-state index < -0.39 is 0 Å². The van der Waals surface area contributed by atoms with E-state index in [9.17, 15) is 4.79 Å². The Labute approximate surface area is 78.3 Å². The van der Waals surface area contributed by atoms with E-state index in [-0.39, 0.29) is 22.7 Å². The number of hydrogen-bond donors (Lipinski definition) is 1. The first-order chi connectivity index (χ1) is 4.81. The van der Waals surface area contributed by atoms with Gasteiger partial charge in [-0.15, -0.1) is 6.42 Å². The van der Waals surface area contributed by atoms with Crippen LogP contribution < -0.4 is 5.32 Å². The topological polar surface area (TPSA) is 29.1 Å². The summed E-state index contributed by atoms with van der Waals surface area (Å²) >= 11 is 0. The van der Waals surface area contributed by atoms with E-state index in [2.05, 4.69) is 18.2 Å². The molecule has 0 aliphatic rings. The van der Waals surface area contributed by atoms with Gasteiger partial charge in [-0.1, -0.05) is 19.3 Å². The number of rotatable bonds is 4. The quantitative estimate of drug-likeness (QED) is 0.669. The van der Waals surface area contributed by atoms with Crippen LogP contribution >= 0.6 is 0 Å². The predicted octanol–water partition coefficient (Wildman–Crippen LogP) is 0.923. The largest absolute Gasteiger partial charge is 0.345 e. The molecule has 0 spiro atoms. The van der Waals surface area contributed by atoms with E-state index in [1.807, 2.05) is 0 Å². The van der Waals surface area contributed by atoms with Gasteiger partial charge in [0.05, 0.1) is 6.54 Å². The van der Waals surface area contributed by atoms with Crippen molar-refractivity contribution in [3.63, 3.8) is 0 Å². The summed E-state index contributed by atoms with van der Waals surface area (Å²) in [6, 6.07) is 0. The summed E-state index contributed by atoms with van der Waals surface area (Å²) < 4.78 is 0. The van der Waals surface area contributed by atoms with Crippen LogP contribution in [0.3, 0.4) is 0 Å². The average molecular weight is 198 g/mol. The van der Waals surface area contributed by atoms with Crippen LogP contribution in [-0.4, -0.2) is 12.5 Å². The van der Waals surface area contributed by atoms with Crippen LogP contribution in [0.5, 0.6) is 0 Å². The Bertz CT molecular complexity index is 140. The molecule has 0 rings (SSSR count). The Morgan fingerprint density at radius 1 is 1.64 bits per heavy atom. The van der Waals surface area contributed by atoms with Gasteiger partial charge in [-0.3, -0.25) is 4.79 Å². The summed E-state index contributed by atoms with van der Waals surface area (Å²) in [6.45, 7) is 2.40. The first-order valence-electron chi connectivity index (χ1n) is 3.51. The second-order valence-electron chi connectivity index (χ2n) is 2.08. The van der Waals surface area contributed by atoms with Crippen LogP contribution in [0.25, 0.3) is 0 Å². The fourth-order valence-electron chi connectivity index (χ4n) is 0.575. The number of hydrogen-bond acceptors (Lipinski definition) is 1. The van der Waals surface area contributed by atoms with Crippen LogP contribution in [0.4, 0.5) is 0 Å². The fourth-order valence-corrected chi connectivity index (χ4v) is 0.575. The van der Waals surface area contributed by atoms with Crippen molar-refractivity contribution in [3.8, 4) is 12.3 Å². The molecule has 0 aromatic heterocycles. The van der Waals surface area contributed by atoms with Crippen LogP contribution in [-0.2, 0) is 21.6 Å². The van der Waals surface area contributed by atoms with Crippen LogP contribution in [0.1, 0.15) is 26.2 Å². The van der Waals surface area contributed by atoms with Gasteiger partial charge in [0, 0.05) is 23.2 Å². The smallest absolute Gasteiger partial charge is 0.220 e. The van der Waals surface area contributed by atoms with Gasteiger partial charge >= 0.3 is 0 Å². The molecule has 0 fully saturated rings. The number of nitrogens with one attached hydrogen (secondary N) is 1. The molecule has 1 amide bonds. The molecule has 0 bridgehead atoms. The molecule has 0 atom stereocenters. The second kappa shape index (κ2) is 9.54. The van der Waals surface area contributed by atoms with Gasteiger partial charge in [0.25, 0.3) is 0 Å². The van der Waals surface area contributed by atoms with Gasteiger partial charge in [-0.05, 0) is 6.42 Å². The van der Waals surface area contributed by atoms with E-state index in [1.54, 1.807) is 0 Å². The van der Waals surface area contributed by atoms with E-state index in [4.69, 9.17) is 6.42 Å². The molecule has 65 valence electrons. The van der Waals surface area contributed by atoms with Gasteiger partial charge in [0.2, 0.25) is 5.91 Å². The molecule has 0 unspecified atom stereocenters. The Balaban J connectivity index is 0. The maximum Gasteiger partial charge on any atom is 0.220 e. The minimum atomic E-state index is 0. The zero-order valence-electron chi connectivity index (χ0n) is 6.65. The molecule has 0 saturated carbocycles. The summed E-state index contributed by atoms with van der Waals surface area (Å²) in [5.74, 6) is 2.40. The molecule has 11 heavy (non-hydrogen) atoms. The number of terminal acetylenes is 1. The summed E-state index contributed by atoms with van der Waals surface area (Å²) in [4.78, 5) is 10.8. The third-order valence-corrected chi connectivity index (χ3v) is 1.15. The first-order valence-corrected chi connectivity index (χ1v) is 3.51. The normalized spacial score (nSPS) is 7.64. The Morgan fingerprint density at radius 2 is 2.27 bits per heavy atom. The van der Waals surface area contributed by atoms with E-state index in [0.717, 1.165) is 12.8 Å². The van der Waals surface area contributed by atoms with Crippen molar-refractivity contribution in [1.29, 1.82) is 0 Å². The van der Waals surface area contributed by atoms with Crippen molar-refractivity contribution in [2.75, 3.05) is 6.54 Å². The van der Waals surface area contributed by atoms with Gasteiger partial charge in [-0.25, -0.2) is 0 Å². The minimum Gasteiger partial charge on any atom is -0.345 e. The molecule has 1 N–H and O–H groups in total. The fraction of sp³-hybridized carbons (Fsp3) is 0.625. The Kier molecular flexibility index (Phi) is 11.4. The monoisotopic (exact) mass is 198 g/mol. The Morgan fingerprint density at radius 3 is 2.73 bits per heavy atom. The van der Waals surface area contributed by atoms with Crippen molar-refractivity contribution in [2.24, 2.45) is 0 Å². The molecule has 0 aromatic carbocycles. The van der Waals surface area contributed by atoms with Crippen LogP contribution in [0.2, 0.25) is 0 Å².